The van der Waals surface area contributed by atoms with E-state index in [1.807, 2.05) is 18.3 Å². The molecule has 0 saturated heterocycles. The highest BCUT2D eigenvalue weighted by Crippen LogP contribution is 2.38. The number of nitrogens with zero attached hydrogens (tertiary/aromatic N) is 3. The summed E-state index contributed by atoms with van der Waals surface area (Å²) in [6, 6.07) is 42.3. The van der Waals surface area contributed by atoms with E-state index in [1.165, 1.54) is 0 Å². The van der Waals surface area contributed by atoms with E-state index >= 15 is 0 Å². The van der Waals surface area contributed by atoms with Crippen LogP contribution in [0.1, 0.15) is 0 Å². The molecule has 0 radical (unpaired) electrons. The Balaban J connectivity index is 1.65. The molecule has 6 aromatic rings. The Morgan fingerprint density at radius 3 is 1.81 bits per heavy atom. The van der Waals surface area contributed by atoms with Gasteiger partial charge in [-0.3, -0.25) is 4.98 Å². The third kappa shape index (κ3) is 3.03. The molecule has 3 nitrogen and oxygen atoms in total. The Morgan fingerprint density at radius 1 is 0.531 bits per heavy atom. The SMILES string of the molecule is c1ccc(N(c2ccccc2)c2ccc3c4ncccc4n(-c4ccccc4)c3c2)cc1. The normalized spacial score (nSPS) is 11.1. The number of benzene rings is 4. The highest BCUT2D eigenvalue weighted by atomic mass is 15.1. The van der Waals surface area contributed by atoms with Crippen molar-refractivity contribution in [1.82, 2.24) is 9.55 Å². The quantitative estimate of drug-likeness (QED) is 0.297. The number of hydrogen-bond acceptors (Lipinski definition) is 2. The minimum Gasteiger partial charge on any atom is -0.310 e. The van der Waals surface area contributed by atoms with E-state index in [0.717, 1.165) is 44.7 Å². The molecule has 0 fully saturated rings. The summed E-state index contributed by atoms with van der Waals surface area (Å²) >= 11 is 0. The van der Waals surface area contributed by atoms with E-state index in [4.69, 9.17) is 4.98 Å². The van der Waals surface area contributed by atoms with Gasteiger partial charge in [-0.15, -0.1) is 0 Å². The first-order valence-corrected chi connectivity index (χ1v) is 10.7. The molecule has 0 aliphatic rings. The number of rotatable bonds is 4. The molecule has 4 aromatic carbocycles. The van der Waals surface area contributed by atoms with E-state index in [2.05, 4.69) is 119 Å². The maximum absolute atomic E-state index is 4.71. The van der Waals surface area contributed by atoms with Gasteiger partial charge in [-0.05, 0) is 66.7 Å². The summed E-state index contributed by atoms with van der Waals surface area (Å²) < 4.78 is 2.30. The highest BCUT2D eigenvalue weighted by molar-refractivity contribution is 6.08. The Bertz CT molecular complexity index is 1460. The van der Waals surface area contributed by atoms with Gasteiger partial charge in [0.05, 0.1) is 16.6 Å². The van der Waals surface area contributed by atoms with Crippen LogP contribution in [0.4, 0.5) is 17.1 Å². The van der Waals surface area contributed by atoms with Crippen LogP contribution in [0.3, 0.4) is 0 Å². The first-order chi connectivity index (χ1) is 15.9. The van der Waals surface area contributed by atoms with Crippen LogP contribution in [0, 0.1) is 0 Å². The maximum Gasteiger partial charge on any atom is 0.0963 e. The van der Waals surface area contributed by atoms with Crippen molar-refractivity contribution in [3.05, 3.63) is 128 Å². The smallest absolute Gasteiger partial charge is 0.0963 e. The van der Waals surface area contributed by atoms with Crippen molar-refractivity contribution in [3.63, 3.8) is 0 Å². The fourth-order valence-electron chi connectivity index (χ4n) is 4.42. The monoisotopic (exact) mass is 411 g/mol. The second kappa shape index (κ2) is 7.71. The molecule has 32 heavy (non-hydrogen) atoms. The van der Waals surface area contributed by atoms with Crippen LogP contribution in [0.15, 0.2) is 128 Å². The lowest BCUT2D eigenvalue weighted by Crippen LogP contribution is -2.09. The molecular weight excluding hydrogens is 390 g/mol. The van der Waals surface area contributed by atoms with Gasteiger partial charge in [0, 0.05) is 34.3 Å². The molecule has 0 bridgehead atoms. The summed E-state index contributed by atoms with van der Waals surface area (Å²) in [6.07, 6.45) is 1.87. The van der Waals surface area contributed by atoms with E-state index in [9.17, 15) is 0 Å². The average molecular weight is 412 g/mol. The summed E-state index contributed by atoms with van der Waals surface area (Å²) in [4.78, 5) is 7.00. The molecule has 0 atom stereocenters. The third-order valence-corrected chi connectivity index (χ3v) is 5.81. The third-order valence-electron chi connectivity index (χ3n) is 5.81. The van der Waals surface area contributed by atoms with Crippen LogP contribution in [0.25, 0.3) is 27.6 Å². The largest absolute Gasteiger partial charge is 0.310 e. The zero-order valence-electron chi connectivity index (χ0n) is 17.5. The molecule has 0 aliphatic carbocycles. The highest BCUT2D eigenvalue weighted by Gasteiger charge is 2.17. The van der Waals surface area contributed by atoms with E-state index < -0.39 is 0 Å². The van der Waals surface area contributed by atoms with Crippen molar-refractivity contribution >= 4 is 39.0 Å². The van der Waals surface area contributed by atoms with Crippen LogP contribution in [0.5, 0.6) is 0 Å². The molecule has 6 rings (SSSR count). The predicted octanol–water partition coefficient (Wildman–Crippen LogP) is 7.65. The molecule has 2 heterocycles. The zero-order valence-corrected chi connectivity index (χ0v) is 17.5. The Morgan fingerprint density at radius 2 is 1.16 bits per heavy atom. The summed E-state index contributed by atoms with van der Waals surface area (Å²) in [5, 5.41) is 1.15. The Hall–Kier alpha value is -4.37. The first-order valence-electron chi connectivity index (χ1n) is 10.7. The molecular formula is C29H21N3. The second-order valence-corrected chi connectivity index (χ2v) is 7.75. The van der Waals surface area contributed by atoms with E-state index in [1.54, 1.807) is 0 Å². The topological polar surface area (TPSA) is 21.1 Å². The van der Waals surface area contributed by atoms with Crippen LogP contribution in [-0.4, -0.2) is 9.55 Å². The van der Waals surface area contributed by atoms with Crippen LogP contribution in [0.2, 0.25) is 0 Å². The number of fused-ring (bicyclic) bond motifs is 3. The van der Waals surface area contributed by atoms with Crippen molar-refractivity contribution in [2.24, 2.45) is 0 Å². The van der Waals surface area contributed by atoms with Crippen LogP contribution in [-0.2, 0) is 0 Å². The number of para-hydroxylation sites is 3. The standard InChI is InChI=1S/C29H21N3/c1-4-11-22(12-5-1)31(23-13-6-2-7-14-23)25-18-19-26-28(21-25)32(24-15-8-3-9-16-24)27-17-10-20-30-29(26)27/h1-21H. The lowest BCUT2D eigenvalue weighted by atomic mass is 10.1. The average Bonchev–Trinajstić information content (AvgIpc) is 3.20. The minimum atomic E-state index is 1.02. The maximum atomic E-state index is 4.71. The summed E-state index contributed by atoms with van der Waals surface area (Å²) in [5.74, 6) is 0. The fraction of sp³-hybridized carbons (Fsp3) is 0. The summed E-state index contributed by atoms with van der Waals surface area (Å²) in [7, 11) is 0. The van der Waals surface area contributed by atoms with Crippen LogP contribution < -0.4 is 4.90 Å². The molecule has 0 aliphatic heterocycles. The minimum absolute atomic E-state index is 1.02. The molecule has 0 unspecified atom stereocenters. The molecule has 0 spiro atoms. The van der Waals surface area contributed by atoms with Crippen LogP contribution >= 0.6 is 0 Å². The van der Waals surface area contributed by atoms with Crippen molar-refractivity contribution in [2.45, 2.75) is 0 Å². The molecule has 0 amide bonds. The Labute approximate surface area is 186 Å². The second-order valence-electron chi connectivity index (χ2n) is 7.75. The molecule has 2 aromatic heterocycles. The van der Waals surface area contributed by atoms with Crippen molar-refractivity contribution in [2.75, 3.05) is 4.90 Å². The molecule has 0 N–H and O–H groups in total. The van der Waals surface area contributed by atoms with Gasteiger partial charge in [-0.2, -0.15) is 0 Å². The zero-order chi connectivity index (χ0) is 21.3. The van der Waals surface area contributed by atoms with Gasteiger partial charge < -0.3 is 9.47 Å². The van der Waals surface area contributed by atoms with Crippen molar-refractivity contribution in [1.29, 1.82) is 0 Å². The molecule has 3 heteroatoms. The van der Waals surface area contributed by atoms with Gasteiger partial charge in [-0.1, -0.05) is 54.6 Å². The predicted molar refractivity (Wildman–Crippen MR) is 133 cm³/mol. The fourth-order valence-corrected chi connectivity index (χ4v) is 4.42. The number of aromatic nitrogens is 2. The molecule has 152 valence electrons. The van der Waals surface area contributed by atoms with Crippen molar-refractivity contribution in [3.8, 4) is 5.69 Å². The lowest BCUT2D eigenvalue weighted by molar-refractivity contribution is 1.17. The van der Waals surface area contributed by atoms with Gasteiger partial charge in [0.1, 0.15) is 0 Å². The number of anilines is 3. The summed E-state index contributed by atoms with van der Waals surface area (Å²) in [5.41, 5.74) is 7.75. The number of hydrogen-bond donors (Lipinski definition) is 0. The van der Waals surface area contributed by atoms with E-state index in [0.29, 0.717) is 0 Å². The molecule has 0 saturated carbocycles. The lowest BCUT2D eigenvalue weighted by Gasteiger charge is -2.25. The van der Waals surface area contributed by atoms with E-state index in [-0.39, 0.29) is 0 Å². The van der Waals surface area contributed by atoms with Gasteiger partial charge >= 0.3 is 0 Å². The van der Waals surface area contributed by atoms with Crippen molar-refractivity contribution < 1.29 is 0 Å². The Kier molecular flexibility index (Phi) is 4.43. The van der Waals surface area contributed by atoms with Gasteiger partial charge in [0.25, 0.3) is 0 Å². The van der Waals surface area contributed by atoms with Gasteiger partial charge in [0.2, 0.25) is 0 Å². The first kappa shape index (κ1) is 18.4. The summed E-state index contributed by atoms with van der Waals surface area (Å²) in [6.45, 7) is 0. The van der Waals surface area contributed by atoms with Gasteiger partial charge in [0.15, 0.2) is 0 Å². The number of pyridine rings is 1. The van der Waals surface area contributed by atoms with Gasteiger partial charge in [-0.25, -0.2) is 0 Å².